The van der Waals surface area contributed by atoms with Crippen LogP contribution in [0.15, 0.2) is 17.2 Å². The fraction of sp³-hybridized carbons (Fsp3) is 0.636. The van der Waals surface area contributed by atoms with Crippen molar-refractivity contribution >= 4 is 19.9 Å². The van der Waals surface area contributed by atoms with Gasteiger partial charge in [-0.2, -0.15) is 4.31 Å². The van der Waals surface area contributed by atoms with Crippen LogP contribution in [-0.4, -0.2) is 58.4 Å². The highest BCUT2D eigenvalue weighted by Gasteiger charge is 2.23. The van der Waals surface area contributed by atoms with Gasteiger partial charge in [0.15, 0.2) is 0 Å². The van der Waals surface area contributed by atoms with E-state index in [1.54, 1.807) is 24.7 Å². The molecule has 0 radical (unpaired) electrons. The van der Waals surface area contributed by atoms with E-state index in [1.165, 1.54) is 13.2 Å². The number of sulfone groups is 1. The molecule has 0 fully saturated rings. The Morgan fingerprint density at radius 3 is 2.40 bits per heavy atom. The van der Waals surface area contributed by atoms with E-state index in [0.29, 0.717) is 6.54 Å². The first-order valence-corrected chi connectivity index (χ1v) is 9.52. The van der Waals surface area contributed by atoms with Crippen LogP contribution in [0.2, 0.25) is 0 Å². The molecule has 0 atom stereocenters. The summed E-state index contributed by atoms with van der Waals surface area (Å²) in [5.41, 5.74) is 0.836. The highest BCUT2D eigenvalue weighted by Crippen LogP contribution is 2.17. The molecule has 0 bridgehead atoms. The Kier molecular flexibility index (Phi) is 5.36. The molecular formula is C11H21N3O4S2. The molecule has 9 heteroatoms. The first kappa shape index (κ1) is 17.2. The van der Waals surface area contributed by atoms with Gasteiger partial charge in [0.2, 0.25) is 10.0 Å². The first-order chi connectivity index (χ1) is 9.08. The molecular weight excluding hydrogens is 302 g/mol. The quantitative estimate of drug-likeness (QED) is 0.724. The molecule has 20 heavy (non-hydrogen) atoms. The number of rotatable bonds is 7. The van der Waals surface area contributed by atoms with Crippen LogP contribution < -0.4 is 5.32 Å². The van der Waals surface area contributed by atoms with Gasteiger partial charge < -0.3 is 9.88 Å². The fourth-order valence-electron chi connectivity index (χ4n) is 1.67. The molecule has 1 aromatic heterocycles. The van der Waals surface area contributed by atoms with Crippen LogP contribution in [0, 0.1) is 0 Å². The lowest BCUT2D eigenvalue weighted by molar-refractivity contribution is 0.484. The van der Waals surface area contributed by atoms with Gasteiger partial charge in [0, 0.05) is 45.3 Å². The minimum Gasteiger partial charge on any atom is -0.352 e. The summed E-state index contributed by atoms with van der Waals surface area (Å²) < 4.78 is 49.6. The number of aromatic nitrogens is 1. The highest BCUT2D eigenvalue weighted by atomic mass is 32.2. The molecule has 0 saturated carbocycles. The van der Waals surface area contributed by atoms with Crippen molar-refractivity contribution in [1.82, 2.24) is 14.2 Å². The van der Waals surface area contributed by atoms with Crippen LogP contribution >= 0.6 is 0 Å². The van der Waals surface area contributed by atoms with E-state index < -0.39 is 19.9 Å². The Balaban J connectivity index is 2.95. The van der Waals surface area contributed by atoms with E-state index in [2.05, 4.69) is 5.32 Å². The number of nitrogens with zero attached hydrogens (tertiary/aromatic N) is 2. The predicted molar refractivity (Wildman–Crippen MR) is 77.7 cm³/mol. The van der Waals surface area contributed by atoms with Crippen molar-refractivity contribution in [2.45, 2.75) is 11.4 Å². The molecule has 0 aromatic carbocycles. The predicted octanol–water partition coefficient (Wildman–Crippen LogP) is -0.590. The lowest BCUT2D eigenvalue weighted by Gasteiger charge is -2.15. The maximum absolute atomic E-state index is 12.3. The molecule has 1 heterocycles. The monoisotopic (exact) mass is 323 g/mol. The standard InChI is InChI=1S/C11H21N3O4S2/c1-12-8-10-7-11(9-13(10)2)20(17,18)14(3)5-6-19(4,15)16/h7,9,12H,5-6,8H2,1-4H3. The number of sulfonamides is 1. The molecule has 0 aliphatic heterocycles. The second-order valence-corrected chi connectivity index (χ2v) is 9.07. The Labute approximate surface area is 120 Å². The van der Waals surface area contributed by atoms with Gasteiger partial charge in [-0.25, -0.2) is 16.8 Å². The lowest BCUT2D eigenvalue weighted by Crippen LogP contribution is -2.31. The van der Waals surface area contributed by atoms with Gasteiger partial charge in [-0.05, 0) is 13.1 Å². The lowest BCUT2D eigenvalue weighted by atomic mass is 10.4. The van der Waals surface area contributed by atoms with Gasteiger partial charge in [0.1, 0.15) is 14.7 Å². The zero-order valence-corrected chi connectivity index (χ0v) is 13.8. The topological polar surface area (TPSA) is 88.5 Å². The molecule has 7 nitrogen and oxygen atoms in total. The summed E-state index contributed by atoms with van der Waals surface area (Å²) in [6.45, 7) is 0.497. The fourth-order valence-corrected chi connectivity index (χ4v) is 3.66. The van der Waals surface area contributed by atoms with Crippen molar-refractivity contribution in [3.63, 3.8) is 0 Å². The average Bonchev–Trinajstić information content (AvgIpc) is 2.68. The number of nitrogens with one attached hydrogen (secondary N) is 1. The molecule has 0 unspecified atom stereocenters. The first-order valence-electron chi connectivity index (χ1n) is 6.02. The number of aryl methyl sites for hydroxylation is 1. The maximum atomic E-state index is 12.3. The van der Waals surface area contributed by atoms with Crippen LogP contribution in [0.25, 0.3) is 0 Å². The van der Waals surface area contributed by atoms with E-state index in [4.69, 9.17) is 0 Å². The van der Waals surface area contributed by atoms with E-state index in [0.717, 1.165) is 16.3 Å². The summed E-state index contributed by atoms with van der Waals surface area (Å²) >= 11 is 0. The summed E-state index contributed by atoms with van der Waals surface area (Å²) in [4.78, 5) is 0.168. The van der Waals surface area contributed by atoms with E-state index in [1.807, 2.05) is 0 Å². The third-order valence-electron chi connectivity index (χ3n) is 2.93. The van der Waals surface area contributed by atoms with Gasteiger partial charge in [0.05, 0.1) is 5.75 Å². The van der Waals surface area contributed by atoms with Gasteiger partial charge in [-0.1, -0.05) is 0 Å². The SMILES string of the molecule is CNCc1cc(S(=O)(=O)N(C)CCS(C)(=O)=O)cn1C. The third kappa shape index (κ3) is 4.30. The van der Waals surface area contributed by atoms with Gasteiger partial charge in [-0.3, -0.25) is 0 Å². The zero-order chi connectivity index (χ0) is 15.6. The van der Waals surface area contributed by atoms with Crippen LogP contribution in [0.1, 0.15) is 5.69 Å². The largest absolute Gasteiger partial charge is 0.352 e. The molecule has 1 rings (SSSR count). The summed E-state index contributed by atoms with van der Waals surface area (Å²) in [6.07, 6.45) is 2.61. The van der Waals surface area contributed by atoms with E-state index in [9.17, 15) is 16.8 Å². The number of hydrogen-bond donors (Lipinski definition) is 1. The second kappa shape index (κ2) is 6.25. The molecule has 116 valence electrons. The zero-order valence-electron chi connectivity index (χ0n) is 12.1. The van der Waals surface area contributed by atoms with Crippen LogP contribution in [0.3, 0.4) is 0 Å². The van der Waals surface area contributed by atoms with Crippen molar-refractivity contribution in [3.8, 4) is 0 Å². The highest BCUT2D eigenvalue weighted by molar-refractivity contribution is 7.91. The molecule has 1 aromatic rings. The number of hydrogen-bond acceptors (Lipinski definition) is 5. The van der Waals surface area contributed by atoms with E-state index >= 15 is 0 Å². The molecule has 1 N–H and O–H groups in total. The summed E-state index contributed by atoms with van der Waals surface area (Å²) in [5, 5.41) is 2.96. The summed E-state index contributed by atoms with van der Waals surface area (Å²) in [5.74, 6) is -0.195. The Morgan fingerprint density at radius 2 is 1.90 bits per heavy atom. The van der Waals surface area contributed by atoms with Crippen LogP contribution in [0.5, 0.6) is 0 Å². The van der Waals surface area contributed by atoms with Crippen molar-refractivity contribution < 1.29 is 16.8 Å². The second-order valence-electron chi connectivity index (χ2n) is 4.76. The van der Waals surface area contributed by atoms with E-state index in [-0.39, 0.29) is 17.2 Å². The smallest absolute Gasteiger partial charge is 0.244 e. The minimum absolute atomic E-state index is 0.0581. The molecule has 0 aliphatic rings. The summed E-state index contributed by atoms with van der Waals surface area (Å²) in [7, 11) is -1.93. The molecule has 0 amide bonds. The van der Waals surface area contributed by atoms with Crippen molar-refractivity contribution in [2.75, 3.05) is 32.6 Å². The Hall–Kier alpha value is -0.900. The third-order valence-corrected chi connectivity index (χ3v) is 5.67. The van der Waals surface area contributed by atoms with Crippen LogP contribution in [-0.2, 0) is 33.5 Å². The maximum Gasteiger partial charge on any atom is 0.244 e. The van der Waals surface area contributed by atoms with Gasteiger partial charge in [-0.15, -0.1) is 0 Å². The summed E-state index contributed by atoms with van der Waals surface area (Å²) in [6, 6.07) is 1.59. The van der Waals surface area contributed by atoms with Crippen molar-refractivity contribution in [2.24, 2.45) is 7.05 Å². The Bertz CT molecular complexity index is 662. The molecule has 0 saturated heterocycles. The Morgan fingerprint density at radius 1 is 1.30 bits per heavy atom. The normalized spacial score (nSPS) is 13.1. The van der Waals surface area contributed by atoms with Crippen molar-refractivity contribution in [3.05, 3.63) is 18.0 Å². The van der Waals surface area contributed by atoms with Crippen molar-refractivity contribution in [1.29, 1.82) is 0 Å². The van der Waals surface area contributed by atoms with Crippen LogP contribution in [0.4, 0.5) is 0 Å². The molecule has 0 aliphatic carbocycles. The van der Waals surface area contributed by atoms with Gasteiger partial charge >= 0.3 is 0 Å². The molecule has 0 spiro atoms. The minimum atomic E-state index is -3.66. The van der Waals surface area contributed by atoms with Gasteiger partial charge in [0.25, 0.3) is 0 Å². The average molecular weight is 323 g/mol.